The van der Waals surface area contributed by atoms with Crippen LogP contribution in [0, 0.1) is 0 Å². The molecule has 2 aliphatic heterocycles. The van der Waals surface area contributed by atoms with E-state index in [1.54, 1.807) is 0 Å². The Hall–Kier alpha value is -2.53. The molecule has 0 atom stereocenters. The molecule has 1 spiro atoms. The number of rotatable bonds is 5. The summed E-state index contributed by atoms with van der Waals surface area (Å²) in [6, 6.07) is 17.9. The van der Waals surface area contributed by atoms with Gasteiger partial charge in [0.2, 0.25) is 0 Å². The molecule has 2 aromatic carbocycles. The molecule has 0 aromatic heterocycles. The monoisotopic (exact) mass is 351 g/mol. The Morgan fingerprint density at radius 1 is 1.00 bits per heavy atom. The summed E-state index contributed by atoms with van der Waals surface area (Å²) in [5.41, 5.74) is 1.55. The molecule has 0 radical (unpaired) electrons. The van der Waals surface area contributed by atoms with Crippen molar-refractivity contribution >= 4 is 17.3 Å². The minimum absolute atomic E-state index is 0.192. The van der Waals surface area contributed by atoms with Gasteiger partial charge >= 0.3 is 0 Å². The second-order valence-corrected chi connectivity index (χ2v) is 6.95. The van der Waals surface area contributed by atoms with Crippen molar-refractivity contribution in [2.75, 3.05) is 36.5 Å². The fourth-order valence-corrected chi connectivity index (χ4v) is 3.84. The molecule has 2 aromatic rings. The van der Waals surface area contributed by atoms with Crippen molar-refractivity contribution in [2.45, 2.75) is 24.8 Å². The van der Waals surface area contributed by atoms with Crippen LogP contribution in [-0.2, 0) is 4.79 Å². The number of para-hydroxylation sites is 3. The standard InChI is InChI=1S/C21H25N3O2/c25-20-21(11-13-22-14-12-21)23-18-9-4-5-10-19(18)24(20)15-6-16-26-17-7-2-1-3-8-17/h1-5,7-10,22-23H,6,11-16H2. The summed E-state index contributed by atoms with van der Waals surface area (Å²) in [6.07, 6.45) is 2.43. The van der Waals surface area contributed by atoms with E-state index in [4.69, 9.17) is 4.74 Å². The van der Waals surface area contributed by atoms with Crippen LogP contribution in [0.2, 0.25) is 0 Å². The molecule has 0 unspecified atom stereocenters. The van der Waals surface area contributed by atoms with Crippen LogP contribution in [0.3, 0.4) is 0 Å². The van der Waals surface area contributed by atoms with Crippen LogP contribution < -0.4 is 20.3 Å². The lowest BCUT2D eigenvalue weighted by atomic mass is 9.84. The highest BCUT2D eigenvalue weighted by atomic mass is 16.5. The predicted molar refractivity (Wildman–Crippen MR) is 104 cm³/mol. The van der Waals surface area contributed by atoms with Gasteiger partial charge < -0.3 is 20.3 Å². The number of piperidine rings is 1. The molecule has 1 saturated heterocycles. The first kappa shape index (κ1) is 16.9. The molecule has 0 saturated carbocycles. The number of nitrogens with one attached hydrogen (secondary N) is 2. The summed E-state index contributed by atoms with van der Waals surface area (Å²) >= 11 is 0. The third-order valence-corrected chi connectivity index (χ3v) is 5.22. The van der Waals surface area contributed by atoms with Crippen LogP contribution in [0.25, 0.3) is 0 Å². The average molecular weight is 351 g/mol. The van der Waals surface area contributed by atoms with Gasteiger partial charge in [0.05, 0.1) is 18.0 Å². The maximum absolute atomic E-state index is 13.3. The second kappa shape index (κ2) is 7.38. The Kier molecular flexibility index (Phi) is 4.80. The van der Waals surface area contributed by atoms with Crippen molar-refractivity contribution < 1.29 is 9.53 Å². The third-order valence-electron chi connectivity index (χ3n) is 5.22. The normalized spacial score (nSPS) is 18.3. The highest BCUT2D eigenvalue weighted by Gasteiger charge is 2.46. The zero-order chi connectivity index (χ0) is 17.8. The maximum Gasteiger partial charge on any atom is 0.252 e. The van der Waals surface area contributed by atoms with Gasteiger partial charge in [-0.25, -0.2) is 0 Å². The first-order valence-corrected chi connectivity index (χ1v) is 9.36. The lowest BCUT2D eigenvalue weighted by molar-refractivity contribution is -0.124. The van der Waals surface area contributed by atoms with Crippen molar-refractivity contribution in [2.24, 2.45) is 0 Å². The van der Waals surface area contributed by atoms with E-state index in [0.717, 1.165) is 49.5 Å². The maximum atomic E-state index is 13.3. The van der Waals surface area contributed by atoms with E-state index in [1.807, 2.05) is 53.4 Å². The van der Waals surface area contributed by atoms with Gasteiger partial charge in [-0.15, -0.1) is 0 Å². The lowest BCUT2D eigenvalue weighted by Gasteiger charge is -2.46. The minimum atomic E-state index is -0.472. The van der Waals surface area contributed by atoms with Crippen LogP contribution in [-0.4, -0.2) is 37.7 Å². The molecule has 1 fully saturated rings. The molecule has 5 heteroatoms. The highest BCUT2D eigenvalue weighted by molar-refractivity contribution is 6.08. The van der Waals surface area contributed by atoms with Gasteiger partial charge in [0.25, 0.3) is 5.91 Å². The molecule has 5 nitrogen and oxygen atoms in total. The van der Waals surface area contributed by atoms with Crippen molar-refractivity contribution in [3.63, 3.8) is 0 Å². The van der Waals surface area contributed by atoms with Gasteiger partial charge in [0.1, 0.15) is 11.3 Å². The van der Waals surface area contributed by atoms with Crippen molar-refractivity contribution in [3.05, 3.63) is 54.6 Å². The zero-order valence-corrected chi connectivity index (χ0v) is 14.9. The van der Waals surface area contributed by atoms with Crippen molar-refractivity contribution in [3.8, 4) is 5.75 Å². The lowest BCUT2D eigenvalue weighted by Crippen LogP contribution is -2.61. The van der Waals surface area contributed by atoms with E-state index in [2.05, 4.69) is 16.7 Å². The number of hydrogen-bond acceptors (Lipinski definition) is 4. The molecular formula is C21H25N3O2. The zero-order valence-electron chi connectivity index (χ0n) is 14.9. The Morgan fingerprint density at radius 3 is 2.54 bits per heavy atom. The fraction of sp³-hybridized carbons (Fsp3) is 0.381. The molecule has 2 N–H and O–H groups in total. The smallest absolute Gasteiger partial charge is 0.252 e. The van der Waals surface area contributed by atoms with E-state index in [9.17, 15) is 4.79 Å². The molecule has 136 valence electrons. The SMILES string of the molecule is O=C1N(CCCOc2ccccc2)c2ccccc2NC12CCNCC2. The summed E-state index contributed by atoms with van der Waals surface area (Å²) in [4.78, 5) is 15.3. The second-order valence-electron chi connectivity index (χ2n) is 6.95. The number of fused-ring (bicyclic) bond motifs is 1. The van der Waals surface area contributed by atoms with Crippen molar-refractivity contribution in [1.82, 2.24) is 5.32 Å². The summed E-state index contributed by atoms with van der Waals surface area (Å²) in [7, 11) is 0. The number of benzene rings is 2. The van der Waals surface area contributed by atoms with Gasteiger partial charge in [0.15, 0.2) is 0 Å². The summed E-state index contributed by atoms with van der Waals surface area (Å²) < 4.78 is 5.79. The Labute approximate surface area is 154 Å². The van der Waals surface area contributed by atoms with Gasteiger partial charge in [-0.2, -0.15) is 0 Å². The molecule has 2 aliphatic rings. The Bertz CT molecular complexity index is 757. The first-order chi connectivity index (χ1) is 12.8. The van der Waals surface area contributed by atoms with E-state index in [1.165, 1.54) is 0 Å². The number of carbonyl (C=O) groups is 1. The van der Waals surface area contributed by atoms with Crippen LogP contribution >= 0.6 is 0 Å². The minimum Gasteiger partial charge on any atom is -0.494 e. The van der Waals surface area contributed by atoms with E-state index in [-0.39, 0.29) is 5.91 Å². The topological polar surface area (TPSA) is 53.6 Å². The van der Waals surface area contributed by atoms with Crippen LogP contribution in [0.5, 0.6) is 5.75 Å². The van der Waals surface area contributed by atoms with Crippen LogP contribution in [0.4, 0.5) is 11.4 Å². The number of anilines is 2. The van der Waals surface area contributed by atoms with Gasteiger partial charge in [0, 0.05) is 6.54 Å². The highest BCUT2D eigenvalue weighted by Crippen LogP contribution is 2.38. The van der Waals surface area contributed by atoms with E-state index < -0.39 is 5.54 Å². The molecular weight excluding hydrogens is 326 g/mol. The molecule has 26 heavy (non-hydrogen) atoms. The summed E-state index contributed by atoms with van der Waals surface area (Å²) in [6.45, 7) is 3.00. The molecule has 0 bridgehead atoms. The van der Waals surface area contributed by atoms with Gasteiger partial charge in [-0.3, -0.25) is 4.79 Å². The molecule has 0 aliphatic carbocycles. The average Bonchev–Trinajstić information content (AvgIpc) is 2.69. The number of ether oxygens (including phenoxy) is 1. The summed E-state index contributed by atoms with van der Waals surface area (Å²) in [5, 5.41) is 6.90. The molecule has 4 rings (SSSR count). The van der Waals surface area contributed by atoms with Crippen LogP contribution in [0.1, 0.15) is 19.3 Å². The van der Waals surface area contributed by atoms with Crippen molar-refractivity contribution in [1.29, 1.82) is 0 Å². The van der Waals surface area contributed by atoms with Gasteiger partial charge in [-0.05, 0) is 56.6 Å². The number of amides is 1. The first-order valence-electron chi connectivity index (χ1n) is 9.36. The van der Waals surface area contributed by atoms with Gasteiger partial charge in [-0.1, -0.05) is 30.3 Å². The molecule has 2 heterocycles. The van der Waals surface area contributed by atoms with E-state index >= 15 is 0 Å². The fourth-order valence-electron chi connectivity index (χ4n) is 3.84. The Morgan fingerprint density at radius 2 is 1.73 bits per heavy atom. The predicted octanol–water partition coefficient (Wildman–Crippen LogP) is 3.04. The Balaban J connectivity index is 1.47. The largest absolute Gasteiger partial charge is 0.494 e. The quantitative estimate of drug-likeness (QED) is 0.813. The number of carbonyl (C=O) groups excluding carboxylic acids is 1. The molecule has 1 amide bonds. The van der Waals surface area contributed by atoms with E-state index in [0.29, 0.717) is 13.2 Å². The number of nitrogens with zero attached hydrogens (tertiary/aromatic N) is 1. The third kappa shape index (κ3) is 3.27. The van der Waals surface area contributed by atoms with Crippen LogP contribution in [0.15, 0.2) is 54.6 Å². The summed E-state index contributed by atoms with van der Waals surface area (Å²) in [5.74, 6) is 1.06. The number of hydrogen-bond donors (Lipinski definition) is 2.